The number of aryl methyl sites for hydroxylation is 1. The topological polar surface area (TPSA) is 82.1 Å². The number of hydrogen-bond donors (Lipinski definition) is 1. The Morgan fingerprint density at radius 3 is 2.17 bits per heavy atom. The molecule has 1 N–H and O–H groups in total. The average molecular weight is 484 g/mol. The molecule has 6 nitrogen and oxygen atoms in total. The van der Waals surface area contributed by atoms with Crippen molar-refractivity contribution in [2.24, 2.45) is 0 Å². The molecular weight excluding hydrogens is 458 g/mol. The maximum Gasteiger partial charge on any atom is 0.347 e. The summed E-state index contributed by atoms with van der Waals surface area (Å²) < 4.78 is 44.6. The number of carbonyl (C=O) groups excluding carboxylic acids is 1. The average Bonchev–Trinajstić information content (AvgIpc) is 2.80. The highest BCUT2D eigenvalue weighted by Gasteiger charge is 2.30. The molecule has 0 aromatic heterocycles. The Labute approximate surface area is 202 Å². The van der Waals surface area contributed by atoms with E-state index in [1.165, 1.54) is 33.9 Å². The molecule has 0 fully saturated rings. The van der Waals surface area contributed by atoms with Crippen LogP contribution in [0.5, 0.6) is 17.2 Å². The highest BCUT2D eigenvalue weighted by molar-refractivity contribution is 5.97. The molecular formula is C27H26F2O6. The summed E-state index contributed by atoms with van der Waals surface area (Å²) >= 11 is 0. The van der Waals surface area contributed by atoms with Crippen LogP contribution in [-0.2, 0) is 6.61 Å². The highest BCUT2D eigenvalue weighted by atomic mass is 19.3. The lowest BCUT2D eigenvalue weighted by molar-refractivity contribution is 0.0694. The van der Waals surface area contributed by atoms with Gasteiger partial charge in [0.15, 0.2) is 0 Å². The molecule has 0 amide bonds. The van der Waals surface area contributed by atoms with Crippen LogP contribution < -0.4 is 14.2 Å². The summed E-state index contributed by atoms with van der Waals surface area (Å²) in [6, 6.07) is 12.7. The van der Waals surface area contributed by atoms with Crippen LogP contribution in [0, 0.1) is 27.7 Å². The van der Waals surface area contributed by atoms with E-state index in [2.05, 4.69) is 0 Å². The van der Waals surface area contributed by atoms with Crippen molar-refractivity contribution >= 4 is 11.9 Å². The number of alkyl halides is 2. The van der Waals surface area contributed by atoms with Gasteiger partial charge in [0.2, 0.25) is 0 Å². The SMILES string of the molecule is COc1cc(OCc2ccccc2)cc(C)c1C(=O)Oc1c(C)c(C)c(C(=O)O)c(C)c1C(F)F. The first kappa shape index (κ1) is 25.7. The van der Waals surface area contributed by atoms with Crippen molar-refractivity contribution in [3.8, 4) is 17.2 Å². The van der Waals surface area contributed by atoms with E-state index in [9.17, 15) is 23.5 Å². The van der Waals surface area contributed by atoms with Gasteiger partial charge in [0, 0.05) is 6.07 Å². The molecule has 0 radical (unpaired) electrons. The van der Waals surface area contributed by atoms with E-state index in [0.717, 1.165) is 5.56 Å². The van der Waals surface area contributed by atoms with Crippen LogP contribution in [0.2, 0.25) is 0 Å². The van der Waals surface area contributed by atoms with Gasteiger partial charge in [-0.3, -0.25) is 0 Å². The third-order valence-corrected chi connectivity index (χ3v) is 5.87. The molecule has 0 atom stereocenters. The van der Waals surface area contributed by atoms with Crippen molar-refractivity contribution in [3.05, 3.63) is 87.0 Å². The van der Waals surface area contributed by atoms with Gasteiger partial charge in [0.05, 0.1) is 18.2 Å². The molecule has 3 aromatic carbocycles. The van der Waals surface area contributed by atoms with Gasteiger partial charge in [-0.2, -0.15) is 0 Å². The molecule has 0 bridgehead atoms. The predicted octanol–water partition coefficient (Wildman–Crippen LogP) is 6.36. The van der Waals surface area contributed by atoms with Crippen LogP contribution in [-0.4, -0.2) is 24.2 Å². The third-order valence-electron chi connectivity index (χ3n) is 5.87. The van der Waals surface area contributed by atoms with Crippen molar-refractivity contribution < 1.29 is 37.7 Å². The highest BCUT2D eigenvalue weighted by Crippen LogP contribution is 2.40. The molecule has 184 valence electrons. The summed E-state index contributed by atoms with van der Waals surface area (Å²) in [5, 5.41) is 9.49. The van der Waals surface area contributed by atoms with Crippen LogP contribution in [0.1, 0.15) is 60.5 Å². The zero-order chi connectivity index (χ0) is 25.9. The van der Waals surface area contributed by atoms with Gasteiger partial charge < -0.3 is 19.3 Å². The summed E-state index contributed by atoms with van der Waals surface area (Å²) in [7, 11) is 1.37. The molecule has 0 aliphatic heterocycles. The second-order valence-corrected chi connectivity index (χ2v) is 8.08. The lowest BCUT2D eigenvalue weighted by atomic mass is 9.92. The standard InChI is InChI=1S/C27H26F2O6/c1-14-11-19(34-13-18-9-7-6-8-10-18)12-20(33-5)21(14)27(32)35-24-16(3)15(2)22(26(30)31)17(4)23(24)25(28)29/h6-12,25H,13H2,1-5H3,(H,30,31). The van der Waals surface area contributed by atoms with Crippen LogP contribution in [0.25, 0.3) is 0 Å². The lowest BCUT2D eigenvalue weighted by Crippen LogP contribution is -2.17. The predicted molar refractivity (Wildman–Crippen MR) is 126 cm³/mol. The number of esters is 1. The quantitative estimate of drug-likeness (QED) is 0.296. The molecule has 3 aromatic rings. The summed E-state index contributed by atoms with van der Waals surface area (Å²) in [6.07, 6.45) is -3.05. The van der Waals surface area contributed by atoms with Gasteiger partial charge in [-0.05, 0) is 61.6 Å². The third kappa shape index (κ3) is 5.26. The first-order valence-electron chi connectivity index (χ1n) is 10.8. The molecule has 0 aliphatic carbocycles. The van der Waals surface area contributed by atoms with Crippen molar-refractivity contribution in [2.75, 3.05) is 7.11 Å². The number of benzene rings is 3. The first-order chi connectivity index (χ1) is 16.6. The van der Waals surface area contributed by atoms with Gasteiger partial charge in [-0.1, -0.05) is 30.3 Å². The molecule has 35 heavy (non-hydrogen) atoms. The number of methoxy groups -OCH3 is 1. The maximum absolute atomic E-state index is 14.0. The van der Waals surface area contributed by atoms with Gasteiger partial charge in [0.25, 0.3) is 6.43 Å². The molecule has 0 heterocycles. The van der Waals surface area contributed by atoms with Crippen LogP contribution in [0.3, 0.4) is 0 Å². The number of carboxylic acids is 1. The molecule has 0 unspecified atom stereocenters. The molecule has 0 saturated carbocycles. The first-order valence-corrected chi connectivity index (χ1v) is 10.8. The van der Waals surface area contributed by atoms with E-state index in [4.69, 9.17) is 14.2 Å². The van der Waals surface area contributed by atoms with Crippen LogP contribution in [0.4, 0.5) is 8.78 Å². The summed E-state index contributed by atoms with van der Waals surface area (Å²) in [4.78, 5) is 24.8. The number of rotatable bonds is 8. The lowest BCUT2D eigenvalue weighted by Gasteiger charge is -2.20. The minimum absolute atomic E-state index is 0.0526. The van der Waals surface area contributed by atoms with Crippen LogP contribution in [0.15, 0.2) is 42.5 Å². The van der Waals surface area contributed by atoms with Crippen molar-refractivity contribution in [1.29, 1.82) is 0 Å². The minimum atomic E-state index is -3.05. The maximum atomic E-state index is 14.0. The Morgan fingerprint density at radius 1 is 0.943 bits per heavy atom. The van der Waals surface area contributed by atoms with Gasteiger partial charge in [-0.15, -0.1) is 0 Å². The Balaban J connectivity index is 1.99. The second-order valence-electron chi connectivity index (χ2n) is 8.08. The number of aromatic carboxylic acids is 1. The second kappa shape index (κ2) is 10.5. The van der Waals surface area contributed by atoms with Crippen molar-refractivity contribution in [1.82, 2.24) is 0 Å². The fraction of sp³-hybridized carbons (Fsp3) is 0.259. The molecule has 0 saturated heterocycles. The van der Waals surface area contributed by atoms with E-state index < -0.39 is 23.9 Å². The Bertz CT molecular complexity index is 1270. The monoisotopic (exact) mass is 484 g/mol. The largest absolute Gasteiger partial charge is 0.496 e. The summed E-state index contributed by atoms with van der Waals surface area (Å²) in [5.41, 5.74) is 0.863. The Hall–Kier alpha value is -3.94. The van der Waals surface area contributed by atoms with Gasteiger partial charge in [0.1, 0.15) is 29.4 Å². The van der Waals surface area contributed by atoms with E-state index >= 15 is 0 Å². The number of halogens is 2. The number of carbonyl (C=O) groups is 2. The zero-order valence-electron chi connectivity index (χ0n) is 20.1. The van der Waals surface area contributed by atoms with Gasteiger partial charge in [-0.25, -0.2) is 18.4 Å². The molecule has 0 aliphatic rings. The van der Waals surface area contributed by atoms with E-state index in [-0.39, 0.29) is 39.3 Å². The number of carboxylic acid groups (broad SMARTS) is 1. The van der Waals surface area contributed by atoms with Crippen molar-refractivity contribution in [3.63, 3.8) is 0 Å². The van der Waals surface area contributed by atoms with Crippen molar-refractivity contribution in [2.45, 2.75) is 40.7 Å². The fourth-order valence-corrected chi connectivity index (χ4v) is 3.97. The minimum Gasteiger partial charge on any atom is -0.496 e. The zero-order valence-corrected chi connectivity index (χ0v) is 20.1. The summed E-state index contributed by atoms with van der Waals surface area (Å²) in [5.74, 6) is -1.96. The smallest absolute Gasteiger partial charge is 0.347 e. The van der Waals surface area contributed by atoms with Crippen LogP contribution >= 0.6 is 0 Å². The Kier molecular flexibility index (Phi) is 7.74. The van der Waals surface area contributed by atoms with E-state index in [1.807, 2.05) is 30.3 Å². The van der Waals surface area contributed by atoms with Gasteiger partial charge >= 0.3 is 11.9 Å². The van der Waals surface area contributed by atoms with E-state index in [1.54, 1.807) is 13.0 Å². The molecule has 3 rings (SSSR count). The Morgan fingerprint density at radius 2 is 1.60 bits per heavy atom. The summed E-state index contributed by atoms with van der Waals surface area (Å²) in [6.45, 7) is 6.17. The van der Waals surface area contributed by atoms with E-state index in [0.29, 0.717) is 17.9 Å². The fourth-order valence-electron chi connectivity index (χ4n) is 3.97. The molecule has 8 heteroatoms. The number of ether oxygens (including phenoxy) is 3. The number of hydrogen-bond acceptors (Lipinski definition) is 5. The normalized spacial score (nSPS) is 10.9. The molecule has 0 spiro atoms.